The van der Waals surface area contributed by atoms with Gasteiger partial charge >= 0.3 is 0 Å². The molecule has 4 nitrogen and oxygen atoms in total. The SMILES string of the molecule is CC(Nc1cc2c(cc1N)NC(=O)CC2)C(C)(C)C. The number of nitrogens with one attached hydrogen (secondary N) is 2. The first-order valence-corrected chi connectivity index (χ1v) is 6.76. The van der Waals surface area contributed by atoms with E-state index >= 15 is 0 Å². The molecule has 0 fully saturated rings. The van der Waals surface area contributed by atoms with Crippen LogP contribution in [0.2, 0.25) is 0 Å². The molecular formula is C15H23N3O. The fourth-order valence-corrected chi connectivity index (χ4v) is 2.02. The van der Waals surface area contributed by atoms with Crippen molar-refractivity contribution in [3.8, 4) is 0 Å². The number of benzene rings is 1. The number of carbonyl (C=O) groups is 1. The van der Waals surface area contributed by atoms with Crippen LogP contribution in [-0.2, 0) is 11.2 Å². The van der Waals surface area contributed by atoms with E-state index in [0.717, 1.165) is 23.4 Å². The Morgan fingerprint density at radius 2 is 2.00 bits per heavy atom. The second-order valence-electron chi connectivity index (χ2n) is 6.38. The zero-order chi connectivity index (χ0) is 14.2. The van der Waals surface area contributed by atoms with Crippen LogP contribution in [0.5, 0.6) is 0 Å². The van der Waals surface area contributed by atoms with E-state index in [1.165, 1.54) is 0 Å². The Kier molecular flexibility index (Phi) is 3.43. The van der Waals surface area contributed by atoms with E-state index in [1.54, 1.807) is 0 Å². The Labute approximate surface area is 114 Å². The van der Waals surface area contributed by atoms with Gasteiger partial charge in [0.1, 0.15) is 0 Å². The molecule has 0 saturated carbocycles. The minimum absolute atomic E-state index is 0.0654. The van der Waals surface area contributed by atoms with Crippen molar-refractivity contribution in [3.63, 3.8) is 0 Å². The summed E-state index contributed by atoms with van der Waals surface area (Å²) >= 11 is 0. The normalized spacial score (nSPS) is 16.5. The van der Waals surface area contributed by atoms with E-state index in [4.69, 9.17) is 5.73 Å². The molecule has 19 heavy (non-hydrogen) atoms. The van der Waals surface area contributed by atoms with Gasteiger partial charge in [-0.2, -0.15) is 0 Å². The van der Waals surface area contributed by atoms with Crippen LogP contribution in [0, 0.1) is 5.41 Å². The molecule has 1 unspecified atom stereocenters. The minimum atomic E-state index is 0.0654. The zero-order valence-electron chi connectivity index (χ0n) is 12.1. The molecule has 0 radical (unpaired) electrons. The van der Waals surface area contributed by atoms with Gasteiger partial charge in [-0.3, -0.25) is 4.79 Å². The molecule has 1 aliphatic rings. The van der Waals surface area contributed by atoms with Crippen molar-refractivity contribution >= 4 is 23.0 Å². The Morgan fingerprint density at radius 1 is 1.32 bits per heavy atom. The van der Waals surface area contributed by atoms with Gasteiger partial charge in [0, 0.05) is 18.2 Å². The molecule has 0 bridgehead atoms. The third kappa shape index (κ3) is 3.00. The van der Waals surface area contributed by atoms with Gasteiger partial charge in [0.2, 0.25) is 5.91 Å². The Hall–Kier alpha value is -1.71. The number of hydrogen-bond donors (Lipinski definition) is 3. The molecule has 0 spiro atoms. The number of fused-ring (bicyclic) bond motifs is 1. The van der Waals surface area contributed by atoms with Gasteiger partial charge in [0.05, 0.1) is 11.4 Å². The highest BCUT2D eigenvalue weighted by atomic mass is 16.1. The highest BCUT2D eigenvalue weighted by molar-refractivity contribution is 5.95. The molecule has 0 aromatic heterocycles. The van der Waals surface area contributed by atoms with Gasteiger partial charge in [-0.1, -0.05) is 20.8 Å². The first-order valence-electron chi connectivity index (χ1n) is 6.76. The summed E-state index contributed by atoms with van der Waals surface area (Å²) in [5.74, 6) is 0.0654. The first kappa shape index (κ1) is 13.7. The second kappa shape index (κ2) is 4.76. The summed E-state index contributed by atoms with van der Waals surface area (Å²) in [6.07, 6.45) is 1.32. The smallest absolute Gasteiger partial charge is 0.224 e. The number of amides is 1. The van der Waals surface area contributed by atoms with E-state index in [-0.39, 0.29) is 11.3 Å². The molecule has 4 N–H and O–H groups in total. The lowest BCUT2D eigenvalue weighted by molar-refractivity contribution is -0.116. The lowest BCUT2D eigenvalue weighted by Crippen LogP contribution is -2.31. The molecule has 1 atom stereocenters. The molecular weight excluding hydrogens is 238 g/mol. The molecule has 1 aromatic rings. The van der Waals surface area contributed by atoms with Crippen molar-refractivity contribution in [1.29, 1.82) is 0 Å². The Bertz CT molecular complexity index is 503. The monoisotopic (exact) mass is 261 g/mol. The maximum absolute atomic E-state index is 11.4. The van der Waals surface area contributed by atoms with Crippen LogP contribution >= 0.6 is 0 Å². The van der Waals surface area contributed by atoms with Crippen LogP contribution < -0.4 is 16.4 Å². The first-order chi connectivity index (χ1) is 8.77. The van der Waals surface area contributed by atoms with Crippen molar-refractivity contribution in [2.45, 2.75) is 46.6 Å². The molecule has 1 amide bonds. The van der Waals surface area contributed by atoms with Crippen LogP contribution in [0.3, 0.4) is 0 Å². The second-order valence-corrected chi connectivity index (χ2v) is 6.38. The number of anilines is 3. The summed E-state index contributed by atoms with van der Waals surface area (Å²) in [6, 6.07) is 4.22. The molecule has 1 aromatic carbocycles. The quantitative estimate of drug-likeness (QED) is 0.717. The van der Waals surface area contributed by atoms with Crippen LogP contribution in [0.4, 0.5) is 17.1 Å². The standard InChI is InChI=1S/C15H23N3O/c1-9(15(2,3)4)17-13-7-10-5-6-14(19)18-12(10)8-11(13)16/h7-9,17H,5-6,16H2,1-4H3,(H,18,19). The molecule has 1 heterocycles. The predicted octanol–water partition coefficient (Wildman–Crippen LogP) is 3.00. The summed E-state index contributed by atoms with van der Waals surface area (Å²) in [5.41, 5.74) is 9.86. The van der Waals surface area contributed by atoms with E-state index < -0.39 is 0 Å². The van der Waals surface area contributed by atoms with Gasteiger partial charge in [-0.15, -0.1) is 0 Å². The molecule has 2 rings (SSSR count). The lowest BCUT2D eigenvalue weighted by atomic mass is 9.87. The summed E-state index contributed by atoms with van der Waals surface area (Å²) in [4.78, 5) is 11.4. The number of rotatable bonds is 2. The Morgan fingerprint density at radius 3 is 2.63 bits per heavy atom. The van der Waals surface area contributed by atoms with Crippen molar-refractivity contribution in [2.24, 2.45) is 5.41 Å². The van der Waals surface area contributed by atoms with Crippen molar-refractivity contribution < 1.29 is 4.79 Å². The van der Waals surface area contributed by atoms with Crippen LogP contribution in [-0.4, -0.2) is 11.9 Å². The van der Waals surface area contributed by atoms with Gasteiger partial charge in [-0.05, 0) is 36.5 Å². The topological polar surface area (TPSA) is 67.2 Å². The molecule has 1 aliphatic heterocycles. The van der Waals surface area contributed by atoms with E-state index in [2.05, 4.69) is 44.4 Å². The highest BCUT2D eigenvalue weighted by Gasteiger charge is 2.22. The maximum atomic E-state index is 11.4. The summed E-state index contributed by atoms with van der Waals surface area (Å²) in [7, 11) is 0. The molecule has 0 aliphatic carbocycles. The fourth-order valence-electron chi connectivity index (χ4n) is 2.02. The minimum Gasteiger partial charge on any atom is -0.397 e. The number of carbonyl (C=O) groups excluding carboxylic acids is 1. The predicted molar refractivity (Wildman–Crippen MR) is 80.3 cm³/mol. The van der Waals surface area contributed by atoms with Crippen molar-refractivity contribution in [3.05, 3.63) is 17.7 Å². The lowest BCUT2D eigenvalue weighted by Gasteiger charge is -2.30. The van der Waals surface area contributed by atoms with E-state index in [9.17, 15) is 4.79 Å². The van der Waals surface area contributed by atoms with Gasteiger partial charge in [0.15, 0.2) is 0 Å². The summed E-state index contributed by atoms with van der Waals surface area (Å²) in [6.45, 7) is 8.74. The number of hydrogen-bond acceptors (Lipinski definition) is 3. The van der Waals surface area contributed by atoms with Gasteiger partial charge < -0.3 is 16.4 Å². The van der Waals surface area contributed by atoms with Crippen LogP contribution in [0.15, 0.2) is 12.1 Å². The fraction of sp³-hybridized carbons (Fsp3) is 0.533. The Balaban J connectivity index is 2.26. The third-order valence-corrected chi connectivity index (χ3v) is 3.84. The summed E-state index contributed by atoms with van der Waals surface area (Å²) < 4.78 is 0. The average Bonchev–Trinajstić information content (AvgIpc) is 2.29. The van der Waals surface area contributed by atoms with Crippen molar-refractivity contribution in [2.75, 3.05) is 16.4 Å². The molecule has 0 saturated heterocycles. The van der Waals surface area contributed by atoms with Crippen molar-refractivity contribution in [1.82, 2.24) is 0 Å². The number of nitrogen functional groups attached to an aromatic ring is 1. The van der Waals surface area contributed by atoms with Crippen LogP contribution in [0.25, 0.3) is 0 Å². The van der Waals surface area contributed by atoms with Gasteiger partial charge in [-0.25, -0.2) is 0 Å². The van der Waals surface area contributed by atoms with Crippen LogP contribution in [0.1, 0.15) is 39.7 Å². The van der Waals surface area contributed by atoms with Gasteiger partial charge in [0.25, 0.3) is 0 Å². The number of aryl methyl sites for hydroxylation is 1. The van der Waals surface area contributed by atoms with E-state index in [0.29, 0.717) is 18.2 Å². The number of nitrogens with two attached hydrogens (primary N) is 1. The maximum Gasteiger partial charge on any atom is 0.224 e. The largest absolute Gasteiger partial charge is 0.397 e. The molecule has 4 heteroatoms. The molecule has 104 valence electrons. The van der Waals surface area contributed by atoms with E-state index in [1.807, 2.05) is 6.07 Å². The zero-order valence-corrected chi connectivity index (χ0v) is 12.1. The highest BCUT2D eigenvalue weighted by Crippen LogP contribution is 2.33. The third-order valence-electron chi connectivity index (χ3n) is 3.84. The summed E-state index contributed by atoms with van der Waals surface area (Å²) in [5, 5.41) is 6.34. The average molecular weight is 261 g/mol.